The predicted molar refractivity (Wildman–Crippen MR) is 134 cm³/mol. The Balaban J connectivity index is 1.43. The van der Waals surface area contributed by atoms with Gasteiger partial charge in [0.25, 0.3) is 5.91 Å². The van der Waals surface area contributed by atoms with E-state index >= 15 is 0 Å². The Labute approximate surface area is 211 Å². The van der Waals surface area contributed by atoms with Gasteiger partial charge in [0.05, 0.1) is 17.0 Å². The molecule has 0 radical (unpaired) electrons. The van der Waals surface area contributed by atoms with Crippen molar-refractivity contribution in [1.29, 1.82) is 0 Å². The van der Waals surface area contributed by atoms with E-state index < -0.39 is 17.0 Å². The molecule has 0 aromatic heterocycles. The van der Waals surface area contributed by atoms with E-state index in [1.54, 1.807) is 12.1 Å². The van der Waals surface area contributed by atoms with Gasteiger partial charge in [-0.1, -0.05) is 31.0 Å². The first-order valence-electron chi connectivity index (χ1n) is 12.8. The Bertz CT molecular complexity index is 1070. The number of fused-ring (bicyclic) bond motifs is 1. The molecule has 1 spiro atoms. The number of likely N-dealkylation sites (tertiary alicyclic amines) is 1. The number of halogens is 2. The highest BCUT2D eigenvalue weighted by Crippen LogP contribution is 2.38. The number of nitrogens with zero attached hydrogens (tertiary/aromatic N) is 1. The molecular formula is C28H35F2N3O3. The van der Waals surface area contributed by atoms with Crippen LogP contribution in [-0.2, 0) is 11.3 Å². The number of benzene rings is 2. The van der Waals surface area contributed by atoms with E-state index in [1.807, 2.05) is 19.1 Å². The molecule has 1 atom stereocenters. The van der Waals surface area contributed by atoms with E-state index in [4.69, 9.17) is 4.74 Å². The van der Waals surface area contributed by atoms with Gasteiger partial charge in [-0.2, -0.15) is 0 Å². The number of nitrogens with one attached hydrogen (secondary N) is 2. The number of para-hydroxylation sites is 1. The molecule has 4 rings (SSSR count). The first-order valence-corrected chi connectivity index (χ1v) is 12.8. The Hall–Kier alpha value is -3.00. The van der Waals surface area contributed by atoms with Crippen LogP contribution in [0.4, 0.5) is 8.78 Å². The second-order valence-corrected chi connectivity index (χ2v) is 10.0. The Kier molecular flexibility index (Phi) is 8.56. The number of carbonyl (C=O) groups is 2. The highest BCUT2D eigenvalue weighted by atomic mass is 19.1. The van der Waals surface area contributed by atoms with Gasteiger partial charge < -0.3 is 15.4 Å². The maximum Gasteiger partial charge on any atom is 0.255 e. The fourth-order valence-corrected chi connectivity index (χ4v) is 5.10. The minimum absolute atomic E-state index is 0.0311. The zero-order valence-electron chi connectivity index (χ0n) is 20.8. The van der Waals surface area contributed by atoms with Crippen molar-refractivity contribution in [3.8, 4) is 5.75 Å². The largest absolute Gasteiger partial charge is 0.491 e. The summed E-state index contributed by atoms with van der Waals surface area (Å²) in [5, 5.41) is 6.12. The first-order chi connectivity index (χ1) is 17.4. The van der Waals surface area contributed by atoms with Crippen molar-refractivity contribution in [1.82, 2.24) is 15.5 Å². The van der Waals surface area contributed by atoms with E-state index in [0.29, 0.717) is 55.9 Å². The van der Waals surface area contributed by atoms with Crippen molar-refractivity contribution in [3.63, 3.8) is 0 Å². The third kappa shape index (κ3) is 6.40. The average molecular weight is 500 g/mol. The van der Waals surface area contributed by atoms with Gasteiger partial charge >= 0.3 is 0 Å². The van der Waals surface area contributed by atoms with Crippen molar-refractivity contribution in [3.05, 3.63) is 65.2 Å². The zero-order chi connectivity index (χ0) is 25.5. The Morgan fingerprint density at radius 1 is 1.03 bits per heavy atom. The number of hydrogen-bond acceptors (Lipinski definition) is 4. The van der Waals surface area contributed by atoms with Crippen LogP contribution in [0.5, 0.6) is 5.75 Å². The lowest BCUT2D eigenvalue weighted by molar-refractivity contribution is -0.135. The SMILES string of the molecule is C[C@H]1COc2ccccc2C(=O)NCCCCCC2(CCN(Cc3ccc(F)cc3F)CC2)C(=O)N1. The summed E-state index contributed by atoms with van der Waals surface area (Å²) in [4.78, 5) is 28.3. The molecule has 2 aliphatic rings. The lowest BCUT2D eigenvalue weighted by atomic mass is 9.73. The summed E-state index contributed by atoms with van der Waals surface area (Å²) >= 11 is 0. The molecule has 0 saturated carbocycles. The molecule has 0 unspecified atom stereocenters. The number of carbonyl (C=O) groups excluding carboxylic acids is 2. The summed E-state index contributed by atoms with van der Waals surface area (Å²) in [6.45, 7) is 4.45. The van der Waals surface area contributed by atoms with Crippen LogP contribution in [0, 0.1) is 17.0 Å². The van der Waals surface area contributed by atoms with Crippen molar-refractivity contribution in [2.24, 2.45) is 5.41 Å². The minimum Gasteiger partial charge on any atom is -0.491 e. The van der Waals surface area contributed by atoms with Crippen LogP contribution in [0.2, 0.25) is 0 Å². The summed E-state index contributed by atoms with van der Waals surface area (Å²) < 4.78 is 33.3. The van der Waals surface area contributed by atoms with E-state index in [-0.39, 0.29) is 24.5 Å². The van der Waals surface area contributed by atoms with Gasteiger partial charge in [0.15, 0.2) is 0 Å². The van der Waals surface area contributed by atoms with Crippen LogP contribution in [0.3, 0.4) is 0 Å². The minimum atomic E-state index is -0.581. The topological polar surface area (TPSA) is 70.7 Å². The van der Waals surface area contributed by atoms with E-state index in [0.717, 1.165) is 31.7 Å². The third-order valence-corrected chi connectivity index (χ3v) is 7.32. The number of piperidine rings is 1. The molecular weight excluding hydrogens is 464 g/mol. The number of rotatable bonds is 2. The maximum absolute atomic E-state index is 14.2. The Morgan fingerprint density at radius 3 is 2.58 bits per heavy atom. The summed E-state index contributed by atoms with van der Waals surface area (Å²) in [7, 11) is 0. The molecule has 194 valence electrons. The standard InChI is InChI=1S/C28H35F2N3O3/c1-20-19-36-25-8-4-3-7-23(25)26(34)31-14-6-2-5-11-28(27(35)32-20)12-15-33(16-13-28)18-21-9-10-22(29)17-24(21)30/h3-4,7-10,17,20H,2,5-6,11-16,18-19H2,1H3,(H,31,34)(H,32,35)/t20-/m0/s1. The number of amides is 2. The first kappa shape index (κ1) is 26.1. The number of ether oxygens (including phenoxy) is 1. The van der Waals surface area contributed by atoms with Crippen molar-refractivity contribution in [2.75, 3.05) is 26.2 Å². The monoisotopic (exact) mass is 499 g/mol. The van der Waals surface area contributed by atoms with Crippen molar-refractivity contribution in [2.45, 2.75) is 58.0 Å². The molecule has 2 aromatic rings. The fourth-order valence-electron chi connectivity index (χ4n) is 5.10. The van der Waals surface area contributed by atoms with Crippen LogP contribution in [0.25, 0.3) is 0 Å². The predicted octanol–water partition coefficient (Wildman–Crippen LogP) is 4.43. The lowest BCUT2D eigenvalue weighted by Gasteiger charge is -2.41. The summed E-state index contributed by atoms with van der Waals surface area (Å²) in [5.74, 6) is -0.740. The molecule has 8 heteroatoms. The molecule has 6 nitrogen and oxygen atoms in total. The number of hydrogen-bond donors (Lipinski definition) is 2. The molecule has 36 heavy (non-hydrogen) atoms. The van der Waals surface area contributed by atoms with Gasteiger partial charge in [-0.15, -0.1) is 0 Å². The van der Waals surface area contributed by atoms with E-state index in [9.17, 15) is 18.4 Å². The summed E-state index contributed by atoms with van der Waals surface area (Å²) in [6.07, 6.45) is 4.74. The van der Waals surface area contributed by atoms with Gasteiger partial charge in [0.1, 0.15) is 24.0 Å². The molecule has 2 heterocycles. The molecule has 1 saturated heterocycles. The van der Waals surface area contributed by atoms with E-state index in [2.05, 4.69) is 15.5 Å². The Morgan fingerprint density at radius 2 is 1.81 bits per heavy atom. The van der Waals surface area contributed by atoms with Gasteiger partial charge in [0, 0.05) is 24.7 Å². The molecule has 2 amide bonds. The van der Waals surface area contributed by atoms with Crippen LogP contribution >= 0.6 is 0 Å². The lowest BCUT2D eigenvalue weighted by Crippen LogP contribution is -2.51. The maximum atomic E-state index is 14.2. The smallest absolute Gasteiger partial charge is 0.255 e. The van der Waals surface area contributed by atoms with Crippen molar-refractivity contribution >= 4 is 11.8 Å². The second kappa shape index (κ2) is 11.8. The van der Waals surface area contributed by atoms with Gasteiger partial charge in [-0.05, 0) is 63.9 Å². The van der Waals surface area contributed by atoms with Crippen LogP contribution in [0.1, 0.15) is 61.4 Å². The molecule has 2 aliphatic heterocycles. The van der Waals surface area contributed by atoms with Crippen LogP contribution in [-0.4, -0.2) is 49.0 Å². The molecule has 1 fully saturated rings. The van der Waals surface area contributed by atoms with Crippen molar-refractivity contribution < 1.29 is 23.1 Å². The third-order valence-electron chi connectivity index (χ3n) is 7.32. The van der Waals surface area contributed by atoms with Gasteiger partial charge in [-0.25, -0.2) is 8.78 Å². The highest BCUT2D eigenvalue weighted by Gasteiger charge is 2.41. The van der Waals surface area contributed by atoms with Gasteiger partial charge in [-0.3, -0.25) is 14.5 Å². The highest BCUT2D eigenvalue weighted by molar-refractivity contribution is 5.96. The van der Waals surface area contributed by atoms with E-state index in [1.165, 1.54) is 12.1 Å². The van der Waals surface area contributed by atoms with Crippen LogP contribution in [0.15, 0.2) is 42.5 Å². The average Bonchev–Trinajstić information content (AvgIpc) is 2.87. The molecule has 2 aromatic carbocycles. The van der Waals surface area contributed by atoms with Gasteiger partial charge in [0.2, 0.25) is 5.91 Å². The zero-order valence-corrected chi connectivity index (χ0v) is 20.8. The summed E-state index contributed by atoms with van der Waals surface area (Å²) in [5.41, 5.74) is 0.465. The molecule has 0 aliphatic carbocycles. The quantitative estimate of drug-likeness (QED) is 0.641. The normalized spacial score (nSPS) is 21.9. The molecule has 0 bridgehead atoms. The van der Waals surface area contributed by atoms with Crippen LogP contribution < -0.4 is 15.4 Å². The summed E-state index contributed by atoms with van der Waals surface area (Å²) in [6, 6.07) is 10.6. The second-order valence-electron chi connectivity index (χ2n) is 10.0. The fraction of sp³-hybridized carbons (Fsp3) is 0.500. The molecule has 2 N–H and O–H groups in total.